The maximum Gasteiger partial charge on any atom is 1.00 e. The topological polar surface area (TPSA) is 175 Å². The summed E-state index contributed by atoms with van der Waals surface area (Å²) in [6.45, 7) is 0.740. The van der Waals surface area contributed by atoms with Crippen molar-refractivity contribution in [3.05, 3.63) is 90.5 Å². The van der Waals surface area contributed by atoms with Crippen LogP contribution in [0.2, 0.25) is 0 Å². The first-order valence-electron chi connectivity index (χ1n) is 12.3. The predicted molar refractivity (Wildman–Crippen MR) is 148 cm³/mol. The molecule has 0 aliphatic rings. The summed E-state index contributed by atoms with van der Waals surface area (Å²) >= 11 is 0. The zero-order chi connectivity index (χ0) is 30.1. The Hall–Kier alpha value is -3.73. The number of rotatable bonds is 11. The molecule has 3 aromatic heterocycles. The number of carboxylic acids is 1. The predicted octanol–water partition coefficient (Wildman–Crippen LogP) is -1.61. The van der Waals surface area contributed by atoms with Gasteiger partial charge >= 0.3 is 29.6 Å². The number of pyridine rings is 1. The fraction of sp³-hybridized carbons (Fsp3) is 0.148. The molecular formula is C27H24N5NaO8S2. The fourth-order valence-electron chi connectivity index (χ4n) is 4.24. The number of carbonyl (C=O) groups excluding carboxylic acids is 1. The normalized spacial score (nSPS) is 11.7. The van der Waals surface area contributed by atoms with Gasteiger partial charge in [0.25, 0.3) is 25.2 Å². The van der Waals surface area contributed by atoms with E-state index in [0.717, 1.165) is 0 Å². The van der Waals surface area contributed by atoms with Crippen molar-refractivity contribution in [1.82, 2.24) is 23.2 Å². The third-order valence-electron chi connectivity index (χ3n) is 6.34. The number of nitrogens with one attached hydrogen (secondary N) is 1. The van der Waals surface area contributed by atoms with Gasteiger partial charge in [-0.2, -0.15) is 0 Å². The molecule has 3 heterocycles. The summed E-state index contributed by atoms with van der Waals surface area (Å²) < 4.78 is 70.3. The standard InChI is InChI=1S/C27H25N5O8S2.Na/c1-18-23(28-12-11-25(18)39-2)16-29-41(35,36)27-30-22-15-19(31-13-3-4-14-31)5-10-24(22)32(27)42(37,38)21-8-6-20(7-9-21)40-17-26(33)34;/h3-15,29H,16-17H2,1-2H3,(H,33,34);/q;+1/p-1. The fourth-order valence-corrected chi connectivity index (χ4v) is 7.17. The molecule has 1 N–H and O–H groups in total. The Kier molecular flexibility index (Phi) is 9.63. The number of hydrogen-bond donors (Lipinski definition) is 1. The molecule has 0 radical (unpaired) electrons. The van der Waals surface area contributed by atoms with Crippen molar-refractivity contribution in [2.24, 2.45) is 0 Å². The van der Waals surface area contributed by atoms with Crippen LogP contribution >= 0.6 is 0 Å². The minimum absolute atomic E-state index is 0. The van der Waals surface area contributed by atoms with Crippen LogP contribution in [-0.2, 0) is 31.4 Å². The number of sulfonamides is 1. The Bertz CT molecular complexity index is 1990. The third-order valence-corrected chi connectivity index (χ3v) is 9.45. The van der Waals surface area contributed by atoms with E-state index in [1.807, 2.05) is 12.1 Å². The van der Waals surface area contributed by atoms with Crippen molar-refractivity contribution in [2.45, 2.75) is 23.5 Å². The summed E-state index contributed by atoms with van der Waals surface area (Å²) in [5.41, 5.74) is 1.78. The van der Waals surface area contributed by atoms with Crippen LogP contribution in [0.15, 0.2) is 89.3 Å². The van der Waals surface area contributed by atoms with Gasteiger partial charge in [-0.3, -0.25) is 4.98 Å². The number of methoxy groups -OCH3 is 1. The van der Waals surface area contributed by atoms with Crippen molar-refractivity contribution >= 4 is 37.0 Å². The molecule has 43 heavy (non-hydrogen) atoms. The van der Waals surface area contributed by atoms with Gasteiger partial charge < -0.3 is 23.9 Å². The maximum atomic E-state index is 13.9. The van der Waals surface area contributed by atoms with Gasteiger partial charge in [-0.25, -0.2) is 30.5 Å². The summed E-state index contributed by atoms with van der Waals surface area (Å²) in [7, 11) is -7.60. The molecule has 0 saturated heterocycles. The van der Waals surface area contributed by atoms with Gasteiger partial charge in [0.1, 0.15) is 18.1 Å². The van der Waals surface area contributed by atoms with Crippen molar-refractivity contribution in [3.8, 4) is 17.2 Å². The van der Waals surface area contributed by atoms with Crippen molar-refractivity contribution in [2.75, 3.05) is 13.7 Å². The number of nitrogens with zero attached hydrogens (tertiary/aromatic N) is 4. The number of aromatic nitrogens is 4. The molecule has 0 saturated carbocycles. The first-order chi connectivity index (χ1) is 20.0. The van der Waals surface area contributed by atoms with E-state index in [2.05, 4.69) is 14.7 Å². The Morgan fingerprint density at radius 3 is 2.37 bits per heavy atom. The van der Waals surface area contributed by atoms with Crippen molar-refractivity contribution < 1.29 is 65.8 Å². The van der Waals surface area contributed by atoms with Crippen LogP contribution in [0.25, 0.3) is 16.7 Å². The first kappa shape index (κ1) is 32.2. The number of benzene rings is 2. The van der Waals surface area contributed by atoms with E-state index in [0.29, 0.717) is 26.7 Å². The van der Waals surface area contributed by atoms with Crippen LogP contribution < -0.4 is 48.9 Å². The molecule has 0 aliphatic carbocycles. The van der Waals surface area contributed by atoms with Gasteiger partial charge in [-0.1, -0.05) is 0 Å². The molecule has 16 heteroatoms. The van der Waals surface area contributed by atoms with Gasteiger partial charge in [0.2, 0.25) is 0 Å². The first-order valence-corrected chi connectivity index (χ1v) is 15.3. The molecule has 13 nitrogen and oxygen atoms in total. The van der Waals surface area contributed by atoms with Gasteiger partial charge in [0.05, 0.1) is 41.2 Å². The number of carboxylic acid groups (broad SMARTS) is 1. The monoisotopic (exact) mass is 633 g/mol. The van der Waals surface area contributed by atoms with Crippen LogP contribution in [0, 0.1) is 6.92 Å². The second-order valence-corrected chi connectivity index (χ2v) is 12.4. The average Bonchev–Trinajstić information content (AvgIpc) is 3.65. The Morgan fingerprint density at radius 1 is 1.02 bits per heavy atom. The molecule has 218 valence electrons. The van der Waals surface area contributed by atoms with E-state index < -0.39 is 37.8 Å². The molecule has 0 spiro atoms. The molecule has 0 fully saturated rings. The number of hydrogen-bond acceptors (Lipinski definition) is 10. The summed E-state index contributed by atoms with van der Waals surface area (Å²) in [4.78, 5) is 18.9. The molecule has 0 unspecified atom stereocenters. The van der Waals surface area contributed by atoms with Crippen molar-refractivity contribution in [3.63, 3.8) is 0 Å². The number of ether oxygens (including phenoxy) is 2. The Morgan fingerprint density at radius 2 is 1.72 bits per heavy atom. The molecule has 5 aromatic rings. The van der Waals surface area contributed by atoms with E-state index in [9.17, 15) is 26.7 Å². The maximum absolute atomic E-state index is 13.9. The summed E-state index contributed by atoms with van der Waals surface area (Å²) in [6, 6.07) is 14.8. The number of carbonyl (C=O) groups is 1. The van der Waals surface area contributed by atoms with Crippen LogP contribution in [0.3, 0.4) is 0 Å². The smallest absolute Gasteiger partial charge is 0.546 e. The van der Waals surface area contributed by atoms with Crippen molar-refractivity contribution in [1.29, 1.82) is 0 Å². The second kappa shape index (κ2) is 12.9. The number of fused-ring (bicyclic) bond motifs is 1. The van der Waals surface area contributed by atoms with E-state index in [-0.39, 0.29) is 57.8 Å². The zero-order valence-electron chi connectivity index (χ0n) is 23.3. The second-order valence-electron chi connectivity index (χ2n) is 8.97. The molecule has 0 aliphatic heterocycles. The van der Waals surface area contributed by atoms with Crippen LogP contribution in [0.4, 0.5) is 0 Å². The van der Waals surface area contributed by atoms with Gasteiger partial charge in [-0.15, -0.1) is 0 Å². The van der Waals surface area contributed by atoms with Crippen LogP contribution in [0.1, 0.15) is 11.3 Å². The summed E-state index contributed by atoms with van der Waals surface area (Å²) in [5.74, 6) is -0.850. The van der Waals surface area contributed by atoms with E-state index >= 15 is 0 Å². The Labute approximate surface area is 269 Å². The molecule has 0 atom stereocenters. The number of imidazole rings is 1. The van der Waals surface area contributed by atoms with Gasteiger partial charge in [0.15, 0.2) is 0 Å². The molecule has 5 rings (SSSR count). The van der Waals surface area contributed by atoms with Crippen LogP contribution in [0.5, 0.6) is 11.5 Å². The van der Waals surface area contributed by atoms with E-state index in [4.69, 9.17) is 9.47 Å². The third kappa shape index (κ3) is 6.61. The Balaban J connectivity index is 0.00000423. The SMILES string of the molecule is COc1ccnc(CNS(=O)(=O)c2nc3cc(-n4cccc4)ccc3n2S(=O)(=O)c2ccc(OCC(=O)[O-])cc2)c1C.[Na+]. The van der Waals surface area contributed by atoms with E-state index in [1.54, 1.807) is 42.1 Å². The molecule has 0 amide bonds. The van der Waals surface area contributed by atoms with Gasteiger partial charge in [0, 0.05) is 29.8 Å². The molecular weight excluding hydrogens is 609 g/mol. The largest absolute Gasteiger partial charge is 1.00 e. The molecule has 2 aromatic carbocycles. The minimum atomic E-state index is -4.54. The minimum Gasteiger partial charge on any atom is -0.546 e. The summed E-state index contributed by atoms with van der Waals surface area (Å²) in [5, 5.41) is 9.94. The number of aliphatic carboxylic acids is 1. The summed E-state index contributed by atoms with van der Waals surface area (Å²) in [6.07, 6.45) is 5.03. The van der Waals surface area contributed by atoms with Gasteiger partial charge in [-0.05, 0) is 67.6 Å². The van der Waals surface area contributed by atoms with E-state index in [1.165, 1.54) is 43.6 Å². The molecule has 0 bridgehead atoms. The zero-order valence-corrected chi connectivity index (χ0v) is 26.9. The quantitative estimate of drug-likeness (QED) is 0.167. The average molecular weight is 634 g/mol. The van der Waals surface area contributed by atoms with Crippen LogP contribution in [-0.4, -0.2) is 55.0 Å².